The summed E-state index contributed by atoms with van der Waals surface area (Å²) in [5.74, 6) is -0.256. The summed E-state index contributed by atoms with van der Waals surface area (Å²) in [5.41, 5.74) is 5.41. The van der Waals surface area contributed by atoms with Crippen LogP contribution in [0.15, 0.2) is 0 Å². The molecule has 1 saturated heterocycles. The Hall–Kier alpha value is -0.610. The fourth-order valence-corrected chi connectivity index (χ4v) is 2.66. The Labute approximate surface area is 111 Å². The van der Waals surface area contributed by atoms with Gasteiger partial charge in [-0.05, 0) is 44.8 Å². The van der Waals surface area contributed by atoms with E-state index in [-0.39, 0.29) is 5.91 Å². The third kappa shape index (κ3) is 3.69. The van der Waals surface area contributed by atoms with Crippen molar-refractivity contribution in [3.05, 3.63) is 0 Å². The zero-order valence-electron chi connectivity index (χ0n) is 12.4. The molecule has 4 nitrogen and oxygen atoms in total. The summed E-state index contributed by atoms with van der Waals surface area (Å²) in [6.07, 6.45) is 3.66. The summed E-state index contributed by atoms with van der Waals surface area (Å²) < 4.78 is 0. The number of nitrogens with zero attached hydrogens (tertiary/aromatic N) is 1. The van der Waals surface area contributed by atoms with Crippen molar-refractivity contribution in [1.82, 2.24) is 10.2 Å². The highest BCUT2D eigenvalue weighted by Gasteiger charge is 2.35. The Balaban J connectivity index is 2.55. The lowest BCUT2D eigenvalue weighted by atomic mass is 9.78. The summed E-state index contributed by atoms with van der Waals surface area (Å²) >= 11 is 0. The standard InChI is InChI=1S/C14H29N3O/c1-5-13(3)7-9-17(10-8-13)11-14(4,12(15)18)16-6-2/h16H,5-11H2,1-4H3,(H2,15,18). The number of hydrogen-bond donors (Lipinski definition) is 2. The molecule has 0 spiro atoms. The topological polar surface area (TPSA) is 58.4 Å². The highest BCUT2D eigenvalue weighted by Crippen LogP contribution is 2.34. The normalized spacial score (nSPS) is 23.6. The molecule has 0 aromatic carbocycles. The van der Waals surface area contributed by atoms with Crippen LogP contribution in [0.2, 0.25) is 0 Å². The highest BCUT2D eigenvalue weighted by atomic mass is 16.1. The number of likely N-dealkylation sites (tertiary alicyclic amines) is 1. The van der Waals surface area contributed by atoms with Crippen molar-refractivity contribution in [2.45, 2.75) is 52.5 Å². The highest BCUT2D eigenvalue weighted by molar-refractivity contribution is 5.84. The Bertz CT molecular complexity index is 285. The average Bonchev–Trinajstić information content (AvgIpc) is 2.33. The summed E-state index contributed by atoms with van der Waals surface area (Å²) in [7, 11) is 0. The van der Waals surface area contributed by atoms with Crippen molar-refractivity contribution in [1.29, 1.82) is 0 Å². The molecule has 0 radical (unpaired) electrons. The smallest absolute Gasteiger partial charge is 0.238 e. The molecule has 1 atom stereocenters. The van der Waals surface area contributed by atoms with Gasteiger partial charge < -0.3 is 16.0 Å². The molecular weight excluding hydrogens is 226 g/mol. The first-order valence-electron chi connectivity index (χ1n) is 7.12. The number of nitrogens with one attached hydrogen (secondary N) is 1. The van der Waals surface area contributed by atoms with E-state index in [1.165, 1.54) is 19.3 Å². The quantitative estimate of drug-likeness (QED) is 0.753. The third-order valence-electron chi connectivity index (χ3n) is 4.57. The Kier molecular flexibility index (Phi) is 5.17. The Morgan fingerprint density at radius 3 is 2.33 bits per heavy atom. The van der Waals surface area contributed by atoms with Crippen LogP contribution >= 0.6 is 0 Å². The monoisotopic (exact) mass is 255 g/mol. The minimum absolute atomic E-state index is 0.256. The molecule has 4 heteroatoms. The van der Waals surface area contributed by atoms with E-state index in [1.54, 1.807) is 0 Å². The van der Waals surface area contributed by atoms with E-state index in [0.29, 0.717) is 5.41 Å². The first-order valence-corrected chi connectivity index (χ1v) is 7.12. The van der Waals surface area contributed by atoms with Crippen LogP contribution in [0.1, 0.15) is 47.0 Å². The van der Waals surface area contributed by atoms with E-state index >= 15 is 0 Å². The minimum Gasteiger partial charge on any atom is -0.368 e. The van der Waals surface area contributed by atoms with Crippen LogP contribution in [-0.2, 0) is 4.79 Å². The zero-order valence-corrected chi connectivity index (χ0v) is 12.4. The van der Waals surface area contributed by atoms with Crippen molar-refractivity contribution < 1.29 is 4.79 Å². The molecule has 0 bridgehead atoms. The van der Waals surface area contributed by atoms with Crippen LogP contribution in [-0.4, -0.2) is 42.5 Å². The molecule has 1 unspecified atom stereocenters. The van der Waals surface area contributed by atoms with Gasteiger partial charge in [0.25, 0.3) is 0 Å². The number of carbonyl (C=O) groups excluding carboxylic acids is 1. The molecule has 1 rings (SSSR count). The SMILES string of the molecule is CCNC(C)(CN1CCC(C)(CC)CC1)C(N)=O. The zero-order chi connectivity index (χ0) is 13.8. The number of primary amides is 1. The van der Waals surface area contributed by atoms with Crippen molar-refractivity contribution in [3.8, 4) is 0 Å². The lowest BCUT2D eigenvalue weighted by Gasteiger charge is -2.42. The van der Waals surface area contributed by atoms with Crippen LogP contribution in [0.5, 0.6) is 0 Å². The van der Waals surface area contributed by atoms with E-state index in [2.05, 4.69) is 24.1 Å². The molecule has 0 aliphatic carbocycles. The van der Waals surface area contributed by atoms with Gasteiger partial charge in [0, 0.05) is 6.54 Å². The Morgan fingerprint density at radius 1 is 1.39 bits per heavy atom. The van der Waals surface area contributed by atoms with Gasteiger partial charge in [-0.25, -0.2) is 0 Å². The fraction of sp³-hybridized carbons (Fsp3) is 0.929. The molecule has 0 aromatic heterocycles. The second-order valence-electron chi connectivity index (χ2n) is 6.17. The number of amides is 1. The average molecular weight is 255 g/mol. The molecule has 0 aromatic rings. The van der Waals surface area contributed by atoms with E-state index < -0.39 is 5.54 Å². The van der Waals surface area contributed by atoms with Crippen molar-refractivity contribution in [2.75, 3.05) is 26.2 Å². The van der Waals surface area contributed by atoms with E-state index in [9.17, 15) is 4.79 Å². The molecule has 1 fully saturated rings. The van der Waals surface area contributed by atoms with Gasteiger partial charge in [0.1, 0.15) is 5.54 Å². The van der Waals surface area contributed by atoms with Crippen LogP contribution in [0.4, 0.5) is 0 Å². The molecule has 3 N–H and O–H groups in total. The van der Waals surface area contributed by atoms with Crippen LogP contribution in [0, 0.1) is 5.41 Å². The summed E-state index contributed by atoms with van der Waals surface area (Å²) in [6.45, 7) is 12.2. The molecule has 106 valence electrons. The molecule has 1 amide bonds. The van der Waals surface area contributed by atoms with Gasteiger partial charge in [0.2, 0.25) is 5.91 Å². The number of carbonyl (C=O) groups is 1. The van der Waals surface area contributed by atoms with Crippen molar-refractivity contribution in [3.63, 3.8) is 0 Å². The van der Waals surface area contributed by atoms with Crippen molar-refractivity contribution in [2.24, 2.45) is 11.1 Å². The number of likely N-dealkylation sites (N-methyl/N-ethyl adjacent to an activating group) is 1. The van der Waals surface area contributed by atoms with E-state index in [0.717, 1.165) is 26.2 Å². The van der Waals surface area contributed by atoms with E-state index in [1.807, 2.05) is 13.8 Å². The molecular formula is C14H29N3O. The third-order valence-corrected chi connectivity index (χ3v) is 4.57. The molecule has 1 aliphatic heterocycles. The van der Waals surface area contributed by atoms with Crippen LogP contribution in [0.25, 0.3) is 0 Å². The van der Waals surface area contributed by atoms with Gasteiger partial charge in [-0.15, -0.1) is 0 Å². The number of rotatable bonds is 6. The van der Waals surface area contributed by atoms with Gasteiger partial charge in [-0.2, -0.15) is 0 Å². The molecule has 1 aliphatic rings. The largest absolute Gasteiger partial charge is 0.368 e. The van der Waals surface area contributed by atoms with Crippen molar-refractivity contribution >= 4 is 5.91 Å². The van der Waals surface area contributed by atoms with Crippen LogP contribution in [0.3, 0.4) is 0 Å². The van der Waals surface area contributed by atoms with Gasteiger partial charge in [-0.1, -0.05) is 27.2 Å². The second kappa shape index (κ2) is 6.02. The maximum Gasteiger partial charge on any atom is 0.238 e. The lowest BCUT2D eigenvalue weighted by Crippen LogP contribution is -2.60. The second-order valence-corrected chi connectivity index (χ2v) is 6.17. The number of piperidine rings is 1. The van der Waals surface area contributed by atoms with Gasteiger partial charge in [0.05, 0.1) is 0 Å². The van der Waals surface area contributed by atoms with Gasteiger partial charge in [0.15, 0.2) is 0 Å². The molecule has 0 saturated carbocycles. The maximum atomic E-state index is 11.6. The van der Waals surface area contributed by atoms with Gasteiger partial charge in [-0.3, -0.25) is 4.79 Å². The summed E-state index contributed by atoms with van der Waals surface area (Å²) in [5, 5.41) is 3.22. The number of hydrogen-bond acceptors (Lipinski definition) is 3. The molecule has 18 heavy (non-hydrogen) atoms. The van der Waals surface area contributed by atoms with Gasteiger partial charge >= 0.3 is 0 Å². The first kappa shape index (κ1) is 15.4. The predicted octanol–water partition coefficient (Wildman–Crippen LogP) is 1.35. The minimum atomic E-state index is -0.602. The van der Waals surface area contributed by atoms with E-state index in [4.69, 9.17) is 5.73 Å². The summed E-state index contributed by atoms with van der Waals surface area (Å²) in [4.78, 5) is 14.0. The Morgan fingerprint density at radius 2 is 1.94 bits per heavy atom. The lowest BCUT2D eigenvalue weighted by molar-refractivity contribution is -0.124. The molecule has 1 heterocycles. The van der Waals surface area contributed by atoms with Crippen LogP contribution < -0.4 is 11.1 Å². The summed E-state index contributed by atoms with van der Waals surface area (Å²) in [6, 6.07) is 0. The first-order chi connectivity index (χ1) is 8.35. The predicted molar refractivity (Wildman–Crippen MR) is 75.3 cm³/mol. The fourth-order valence-electron chi connectivity index (χ4n) is 2.66. The maximum absolute atomic E-state index is 11.6. The number of nitrogens with two attached hydrogens (primary N) is 1.